The van der Waals surface area contributed by atoms with Crippen LogP contribution in [0.1, 0.15) is 10.4 Å². The number of amides is 1. The first-order chi connectivity index (χ1) is 10.9. The lowest BCUT2D eigenvalue weighted by molar-refractivity contribution is -0.383. The molecular weight excluding hydrogens is 312 g/mol. The van der Waals surface area contributed by atoms with E-state index in [1.165, 1.54) is 36.4 Å². The van der Waals surface area contributed by atoms with Gasteiger partial charge in [-0.05, 0) is 36.4 Å². The summed E-state index contributed by atoms with van der Waals surface area (Å²) < 4.78 is 28.2. The zero-order valence-electron chi connectivity index (χ0n) is 11.5. The Morgan fingerprint density at radius 1 is 1.22 bits per heavy atom. The highest BCUT2D eigenvalue weighted by molar-refractivity contribution is 6.05. The number of nitrogens with zero attached hydrogens (tertiary/aromatic N) is 1. The summed E-state index contributed by atoms with van der Waals surface area (Å²) in [5.41, 5.74) is 5.38. The van der Waals surface area contributed by atoms with Gasteiger partial charge >= 0.3 is 6.61 Å². The van der Waals surface area contributed by atoms with Crippen LogP contribution in [0, 0.1) is 10.1 Å². The fraction of sp³-hybridized carbons (Fsp3) is 0.0714. The number of nitro groups is 1. The predicted octanol–water partition coefficient (Wildman–Crippen LogP) is 3.03. The molecule has 0 radical (unpaired) electrons. The van der Waals surface area contributed by atoms with Gasteiger partial charge < -0.3 is 15.8 Å². The van der Waals surface area contributed by atoms with E-state index in [-0.39, 0.29) is 22.7 Å². The fourth-order valence-electron chi connectivity index (χ4n) is 1.77. The van der Waals surface area contributed by atoms with Crippen LogP contribution in [-0.2, 0) is 0 Å². The summed E-state index contributed by atoms with van der Waals surface area (Å²) in [4.78, 5) is 22.1. The van der Waals surface area contributed by atoms with Gasteiger partial charge in [0.25, 0.3) is 11.6 Å². The smallest absolute Gasteiger partial charge is 0.387 e. The number of hydrogen-bond donors (Lipinski definition) is 2. The molecule has 0 aliphatic heterocycles. The Labute approximate surface area is 128 Å². The second-order valence-electron chi connectivity index (χ2n) is 4.39. The number of halogens is 2. The van der Waals surface area contributed by atoms with Gasteiger partial charge in [0.2, 0.25) is 0 Å². The van der Waals surface area contributed by atoms with Gasteiger partial charge in [-0.1, -0.05) is 0 Å². The SMILES string of the molecule is Nc1ccc(C(=O)Nc2ccc(OC(F)F)cc2)cc1[N+](=O)[O-]. The van der Waals surface area contributed by atoms with Crippen molar-refractivity contribution in [1.82, 2.24) is 0 Å². The molecule has 0 spiro atoms. The number of alkyl halides is 2. The van der Waals surface area contributed by atoms with Crippen molar-refractivity contribution >= 4 is 23.0 Å². The largest absolute Gasteiger partial charge is 0.435 e. The quantitative estimate of drug-likeness (QED) is 0.499. The van der Waals surface area contributed by atoms with Crippen LogP contribution < -0.4 is 15.8 Å². The number of nitro benzene ring substituents is 1. The van der Waals surface area contributed by atoms with Crippen molar-refractivity contribution in [2.24, 2.45) is 0 Å². The second kappa shape index (κ2) is 6.69. The minimum absolute atomic E-state index is 0.0406. The van der Waals surface area contributed by atoms with E-state index in [0.29, 0.717) is 5.69 Å². The number of ether oxygens (including phenoxy) is 1. The van der Waals surface area contributed by atoms with E-state index in [0.717, 1.165) is 6.07 Å². The zero-order chi connectivity index (χ0) is 17.0. The molecule has 0 saturated heterocycles. The third kappa shape index (κ3) is 4.13. The Balaban J connectivity index is 2.13. The number of nitrogens with one attached hydrogen (secondary N) is 1. The number of hydrogen-bond acceptors (Lipinski definition) is 5. The molecule has 120 valence electrons. The van der Waals surface area contributed by atoms with Gasteiger partial charge in [0.05, 0.1) is 4.92 Å². The Bertz CT molecular complexity index is 735. The molecule has 23 heavy (non-hydrogen) atoms. The number of rotatable bonds is 5. The van der Waals surface area contributed by atoms with Crippen LogP contribution in [-0.4, -0.2) is 17.4 Å². The maximum Gasteiger partial charge on any atom is 0.387 e. The lowest BCUT2D eigenvalue weighted by atomic mass is 10.1. The molecule has 0 unspecified atom stereocenters. The third-order valence-electron chi connectivity index (χ3n) is 2.83. The average molecular weight is 323 g/mol. The summed E-state index contributed by atoms with van der Waals surface area (Å²) in [6.45, 7) is -2.94. The lowest BCUT2D eigenvalue weighted by Gasteiger charge is -2.08. The van der Waals surface area contributed by atoms with Crippen LogP contribution in [0.5, 0.6) is 5.75 Å². The molecule has 0 aromatic heterocycles. The zero-order valence-corrected chi connectivity index (χ0v) is 11.5. The highest BCUT2D eigenvalue weighted by Crippen LogP contribution is 2.23. The minimum atomic E-state index is -2.94. The number of anilines is 2. The molecule has 2 rings (SSSR count). The number of nitrogens with two attached hydrogens (primary N) is 1. The standard InChI is InChI=1S/C14H11F2N3O4/c15-14(16)23-10-4-2-9(3-5-10)18-13(20)8-1-6-11(17)12(7-8)19(21)22/h1-7,14H,17H2,(H,18,20). The molecule has 1 amide bonds. The summed E-state index contributed by atoms with van der Waals surface area (Å²) in [5, 5.41) is 13.3. The molecule has 0 saturated carbocycles. The molecule has 0 atom stereocenters. The lowest BCUT2D eigenvalue weighted by Crippen LogP contribution is -2.12. The Morgan fingerprint density at radius 3 is 2.43 bits per heavy atom. The van der Waals surface area contributed by atoms with Crippen molar-refractivity contribution in [3.63, 3.8) is 0 Å². The highest BCUT2D eigenvalue weighted by Gasteiger charge is 2.16. The van der Waals surface area contributed by atoms with Gasteiger partial charge in [0.15, 0.2) is 0 Å². The monoisotopic (exact) mass is 323 g/mol. The Hall–Kier alpha value is -3.23. The normalized spacial score (nSPS) is 10.4. The van der Waals surface area contributed by atoms with Crippen molar-refractivity contribution in [3.05, 3.63) is 58.1 Å². The van der Waals surface area contributed by atoms with Crippen LogP contribution >= 0.6 is 0 Å². The van der Waals surface area contributed by atoms with Crippen LogP contribution in [0.2, 0.25) is 0 Å². The van der Waals surface area contributed by atoms with Gasteiger partial charge in [-0.2, -0.15) is 8.78 Å². The molecule has 0 heterocycles. The van der Waals surface area contributed by atoms with Crippen molar-refractivity contribution in [2.75, 3.05) is 11.1 Å². The summed E-state index contributed by atoms with van der Waals surface area (Å²) in [6, 6.07) is 8.89. The molecule has 0 bridgehead atoms. The van der Waals surface area contributed by atoms with Crippen LogP contribution in [0.25, 0.3) is 0 Å². The van der Waals surface area contributed by atoms with Crippen LogP contribution in [0.4, 0.5) is 25.8 Å². The first kappa shape index (κ1) is 16.1. The first-order valence-electron chi connectivity index (χ1n) is 6.27. The van der Waals surface area contributed by atoms with Crippen molar-refractivity contribution < 1.29 is 23.2 Å². The average Bonchev–Trinajstić information content (AvgIpc) is 2.48. The second-order valence-corrected chi connectivity index (χ2v) is 4.39. The Morgan fingerprint density at radius 2 is 1.87 bits per heavy atom. The number of carbonyl (C=O) groups is 1. The molecule has 0 aliphatic rings. The molecule has 2 aromatic rings. The number of nitrogen functional groups attached to an aromatic ring is 1. The van der Waals surface area contributed by atoms with E-state index in [2.05, 4.69) is 10.1 Å². The first-order valence-corrected chi connectivity index (χ1v) is 6.27. The molecule has 7 nitrogen and oxygen atoms in total. The minimum Gasteiger partial charge on any atom is -0.435 e. The highest BCUT2D eigenvalue weighted by atomic mass is 19.3. The molecular formula is C14H11F2N3O4. The molecule has 9 heteroatoms. The fourth-order valence-corrected chi connectivity index (χ4v) is 1.77. The van der Waals surface area contributed by atoms with E-state index >= 15 is 0 Å². The van der Waals surface area contributed by atoms with Gasteiger partial charge in [-0.3, -0.25) is 14.9 Å². The van der Waals surface area contributed by atoms with Crippen LogP contribution in [0.15, 0.2) is 42.5 Å². The molecule has 3 N–H and O–H groups in total. The molecule has 0 aliphatic carbocycles. The number of benzene rings is 2. The van der Waals surface area contributed by atoms with Gasteiger partial charge in [-0.15, -0.1) is 0 Å². The maximum atomic E-state index is 12.0. The van der Waals surface area contributed by atoms with Gasteiger partial charge in [0.1, 0.15) is 11.4 Å². The van der Waals surface area contributed by atoms with E-state index in [9.17, 15) is 23.7 Å². The summed E-state index contributed by atoms with van der Waals surface area (Å²) in [6.07, 6.45) is 0. The summed E-state index contributed by atoms with van der Waals surface area (Å²) in [5.74, 6) is -0.656. The number of carbonyl (C=O) groups excluding carboxylic acids is 1. The van der Waals surface area contributed by atoms with E-state index in [1.54, 1.807) is 0 Å². The molecule has 0 fully saturated rings. The van der Waals surface area contributed by atoms with Gasteiger partial charge in [-0.25, -0.2) is 0 Å². The maximum absolute atomic E-state index is 12.0. The van der Waals surface area contributed by atoms with Crippen LogP contribution in [0.3, 0.4) is 0 Å². The van der Waals surface area contributed by atoms with Gasteiger partial charge in [0, 0.05) is 17.3 Å². The van der Waals surface area contributed by atoms with Crippen molar-refractivity contribution in [3.8, 4) is 5.75 Å². The summed E-state index contributed by atoms with van der Waals surface area (Å²) in [7, 11) is 0. The third-order valence-corrected chi connectivity index (χ3v) is 2.83. The predicted molar refractivity (Wildman–Crippen MR) is 78.5 cm³/mol. The van der Waals surface area contributed by atoms with E-state index < -0.39 is 17.4 Å². The van der Waals surface area contributed by atoms with Crippen molar-refractivity contribution in [1.29, 1.82) is 0 Å². The Kier molecular flexibility index (Phi) is 4.69. The summed E-state index contributed by atoms with van der Waals surface area (Å²) >= 11 is 0. The van der Waals surface area contributed by atoms with Crippen molar-refractivity contribution in [2.45, 2.75) is 6.61 Å². The topological polar surface area (TPSA) is 107 Å². The van der Waals surface area contributed by atoms with E-state index in [1.807, 2.05) is 0 Å². The van der Waals surface area contributed by atoms with E-state index in [4.69, 9.17) is 5.73 Å². The molecule has 2 aromatic carbocycles.